The van der Waals surface area contributed by atoms with Crippen LogP contribution in [0, 0.1) is 0 Å². The number of hydrogen-bond donors (Lipinski definition) is 0. The Morgan fingerprint density at radius 2 is 0.683 bits per heavy atom. The van der Waals surface area contributed by atoms with Gasteiger partial charge in [0.25, 0.3) is 0 Å². The van der Waals surface area contributed by atoms with E-state index in [2.05, 4.69) is 70.5 Å². The summed E-state index contributed by atoms with van der Waals surface area (Å²) in [4.78, 5) is 14.6. The zero-order valence-electron chi connectivity index (χ0n) is 31.7. The Morgan fingerprint density at radius 1 is 0.333 bits per heavy atom. The highest BCUT2D eigenvalue weighted by Gasteiger charge is 2.30. The fourth-order valence-corrected chi connectivity index (χ4v) is 8.80. The molecular formula is C52H30N4O4. The molecule has 8 heteroatoms. The first kappa shape index (κ1) is 32.7. The van der Waals surface area contributed by atoms with Crippen LogP contribution in [0.5, 0.6) is 23.0 Å². The Kier molecular flexibility index (Phi) is 6.85. The summed E-state index contributed by atoms with van der Waals surface area (Å²) in [5.74, 6) is 4.13. The molecule has 2 aliphatic heterocycles. The van der Waals surface area contributed by atoms with Crippen molar-refractivity contribution < 1.29 is 18.3 Å². The summed E-state index contributed by atoms with van der Waals surface area (Å²) in [6.45, 7) is 0. The van der Waals surface area contributed by atoms with Crippen molar-refractivity contribution in [3.8, 4) is 45.9 Å². The molecule has 0 saturated heterocycles. The normalized spacial score (nSPS) is 12.9. The Balaban J connectivity index is 1.16. The standard InChI is InChI=1S/C52H30N4O4/c1-7-19-45-39(13-1)53-51(59-45)37-29-31(55-41-15-3-9-21-47(41)57-48-22-10-4-16-42(48)55)27-35-33(37)25-26-34-36(35)28-32(30-38(34)52-54-40-14-2-8-20-46(40)60-52)56-43-17-5-11-23-49(43)58-50-24-12-6-18-44(50)56/h1-30H. The summed E-state index contributed by atoms with van der Waals surface area (Å²) in [6.07, 6.45) is 0. The molecular weight excluding hydrogens is 745 g/mol. The maximum Gasteiger partial charge on any atom is 0.228 e. The lowest BCUT2D eigenvalue weighted by atomic mass is 9.93. The summed E-state index contributed by atoms with van der Waals surface area (Å²) >= 11 is 0. The van der Waals surface area contributed by atoms with Crippen molar-refractivity contribution in [1.29, 1.82) is 0 Å². The van der Waals surface area contributed by atoms with Crippen LogP contribution in [-0.4, -0.2) is 9.97 Å². The number of rotatable bonds is 4. The Hall–Kier alpha value is -8.36. The first-order valence-corrected chi connectivity index (χ1v) is 19.8. The molecule has 9 aromatic carbocycles. The van der Waals surface area contributed by atoms with E-state index in [0.717, 1.165) is 112 Å². The highest BCUT2D eigenvalue weighted by atomic mass is 16.5. The number of anilines is 6. The summed E-state index contributed by atoms with van der Waals surface area (Å²) in [6, 6.07) is 61.6. The molecule has 0 bridgehead atoms. The predicted molar refractivity (Wildman–Crippen MR) is 237 cm³/mol. The van der Waals surface area contributed by atoms with E-state index in [0.29, 0.717) is 11.8 Å². The van der Waals surface area contributed by atoms with Gasteiger partial charge < -0.3 is 28.1 Å². The van der Waals surface area contributed by atoms with Crippen molar-refractivity contribution in [2.75, 3.05) is 9.80 Å². The number of fused-ring (bicyclic) bond motifs is 9. The van der Waals surface area contributed by atoms with Crippen LogP contribution in [0.4, 0.5) is 34.1 Å². The lowest BCUT2D eigenvalue weighted by Crippen LogP contribution is -2.16. The summed E-state index contributed by atoms with van der Waals surface area (Å²) in [5, 5.41) is 3.96. The van der Waals surface area contributed by atoms with E-state index >= 15 is 0 Å². The van der Waals surface area contributed by atoms with Gasteiger partial charge in [-0.05, 0) is 119 Å². The van der Waals surface area contributed by atoms with Gasteiger partial charge >= 0.3 is 0 Å². The lowest BCUT2D eigenvalue weighted by Gasteiger charge is -2.33. The smallest absolute Gasteiger partial charge is 0.228 e. The van der Waals surface area contributed by atoms with Crippen LogP contribution in [0.1, 0.15) is 0 Å². The third-order valence-electron chi connectivity index (χ3n) is 11.5. The average molecular weight is 775 g/mol. The van der Waals surface area contributed by atoms with E-state index in [4.69, 9.17) is 28.3 Å². The second-order valence-electron chi connectivity index (χ2n) is 15.0. The monoisotopic (exact) mass is 774 g/mol. The molecule has 0 saturated carbocycles. The largest absolute Gasteiger partial charge is 0.453 e. The molecule has 0 fully saturated rings. The second kappa shape index (κ2) is 12.6. The van der Waals surface area contributed by atoms with Crippen LogP contribution in [0.3, 0.4) is 0 Å². The van der Waals surface area contributed by atoms with Gasteiger partial charge in [0.15, 0.2) is 34.2 Å². The number of ether oxygens (including phenoxy) is 2. The Bertz CT molecular complexity index is 3160. The van der Waals surface area contributed by atoms with Crippen LogP contribution in [-0.2, 0) is 0 Å². The van der Waals surface area contributed by atoms with E-state index in [1.165, 1.54) is 0 Å². The summed E-state index contributed by atoms with van der Waals surface area (Å²) < 4.78 is 26.1. The number of oxazole rings is 2. The highest BCUT2D eigenvalue weighted by Crippen LogP contribution is 2.54. The molecule has 2 aromatic heterocycles. The molecule has 60 heavy (non-hydrogen) atoms. The van der Waals surface area contributed by atoms with Crippen molar-refractivity contribution in [3.05, 3.63) is 182 Å². The summed E-state index contributed by atoms with van der Waals surface area (Å²) in [5.41, 5.74) is 10.3. The van der Waals surface area contributed by atoms with Crippen molar-refractivity contribution >= 4 is 77.9 Å². The maximum absolute atomic E-state index is 6.58. The van der Waals surface area contributed by atoms with Crippen molar-refractivity contribution in [3.63, 3.8) is 0 Å². The molecule has 11 aromatic rings. The number of para-hydroxylation sites is 12. The van der Waals surface area contributed by atoms with Gasteiger partial charge in [-0.25, -0.2) is 9.97 Å². The minimum atomic E-state index is 0.531. The molecule has 13 rings (SSSR count). The van der Waals surface area contributed by atoms with Crippen LogP contribution in [0.2, 0.25) is 0 Å². The van der Waals surface area contributed by atoms with Gasteiger partial charge in [-0.2, -0.15) is 0 Å². The van der Waals surface area contributed by atoms with Gasteiger partial charge in [-0.15, -0.1) is 0 Å². The topological polar surface area (TPSA) is 77.0 Å². The molecule has 0 spiro atoms. The fourth-order valence-electron chi connectivity index (χ4n) is 8.80. The minimum Gasteiger partial charge on any atom is -0.453 e. The van der Waals surface area contributed by atoms with Crippen LogP contribution >= 0.6 is 0 Å². The highest BCUT2D eigenvalue weighted by molar-refractivity contribution is 6.18. The third kappa shape index (κ3) is 4.91. The first-order chi connectivity index (χ1) is 29.7. The Labute approximate surface area is 342 Å². The molecule has 2 aliphatic rings. The van der Waals surface area contributed by atoms with Gasteiger partial charge in [-0.1, -0.05) is 84.9 Å². The van der Waals surface area contributed by atoms with E-state index in [1.807, 2.05) is 121 Å². The van der Waals surface area contributed by atoms with Gasteiger partial charge in [0.1, 0.15) is 11.0 Å². The van der Waals surface area contributed by atoms with Crippen LogP contribution in [0.25, 0.3) is 66.7 Å². The van der Waals surface area contributed by atoms with E-state index < -0.39 is 0 Å². The number of hydrogen-bond acceptors (Lipinski definition) is 8. The lowest BCUT2D eigenvalue weighted by molar-refractivity contribution is 0.477. The van der Waals surface area contributed by atoms with E-state index in [9.17, 15) is 0 Å². The van der Waals surface area contributed by atoms with Crippen LogP contribution in [0.15, 0.2) is 191 Å². The van der Waals surface area contributed by atoms with E-state index in [-0.39, 0.29) is 0 Å². The molecule has 0 amide bonds. The zero-order valence-corrected chi connectivity index (χ0v) is 31.7. The van der Waals surface area contributed by atoms with Gasteiger partial charge in [0.2, 0.25) is 11.8 Å². The maximum atomic E-state index is 6.58. The number of aromatic nitrogens is 2. The molecule has 8 nitrogen and oxygen atoms in total. The van der Waals surface area contributed by atoms with E-state index in [1.54, 1.807) is 0 Å². The molecule has 0 unspecified atom stereocenters. The molecule has 282 valence electrons. The molecule has 0 N–H and O–H groups in total. The average Bonchev–Trinajstić information content (AvgIpc) is 3.94. The zero-order chi connectivity index (χ0) is 39.3. The van der Waals surface area contributed by atoms with Crippen LogP contribution < -0.4 is 19.3 Å². The fraction of sp³-hybridized carbons (Fsp3) is 0. The molecule has 4 heterocycles. The second-order valence-corrected chi connectivity index (χ2v) is 15.0. The van der Waals surface area contributed by atoms with Gasteiger partial charge in [-0.3, -0.25) is 0 Å². The SMILES string of the molecule is c1ccc2c(c1)Oc1ccccc1N2c1cc(-c2nc3ccccc3o2)c2ccc3c(-c4nc5ccccc5o4)cc(N4c5ccccc5Oc5ccccc54)cc3c2c1. The minimum absolute atomic E-state index is 0.531. The van der Waals surface area contributed by atoms with Crippen molar-refractivity contribution in [1.82, 2.24) is 9.97 Å². The van der Waals surface area contributed by atoms with Crippen molar-refractivity contribution in [2.24, 2.45) is 0 Å². The quantitative estimate of drug-likeness (QED) is 0.164. The Morgan fingerprint density at radius 3 is 1.07 bits per heavy atom. The van der Waals surface area contributed by atoms with Gasteiger partial charge in [0, 0.05) is 22.5 Å². The predicted octanol–water partition coefficient (Wildman–Crippen LogP) is 14.8. The van der Waals surface area contributed by atoms with Gasteiger partial charge in [0.05, 0.1) is 22.7 Å². The summed E-state index contributed by atoms with van der Waals surface area (Å²) in [7, 11) is 0. The number of benzene rings is 9. The molecule has 0 atom stereocenters. The molecule has 0 aliphatic carbocycles. The number of nitrogens with zero attached hydrogens (tertiary/aromatic N) is 4. The third-order valence-corrected chi connectivity index (χ3v) is 11.5. The molecule has 0 radical (unpaired) electrons. The van der Waals surface area contributed by atoms with Crippen molar-refractivity contribution in [2.45, 2.75) is 0 Å². The first-order valence-electron chi connectivity index (χ1n) is 19.8.